The molecule has 1 heterocycles. The van der Waals surface area contributed by atoms with E-state index in [4.69, 9.17) is 10.5 Å². The Hall–Kier alpha value is -1.81. The second-order valence-corrected chi connectivity index (χ2v) is 4.64. The van der Waals surface area contributed by atoms with E-state index in [-0.39, 0.29) is 0 Å². The van der Waals surface area contributed by atoms with Crippen LogP contribution in [0.5, 0.6) is 5.75 Å². The van der Waals surface area contributed by atoms with Crippen LogP contribution in [0.3, 0.4) is 0 Å². The van der Waals surface area contributed by atoms with E-state index >= 15 is 0 Å². The molecular formula is C15H21N3O. The van der Waals surface area contributed by atoms with Gasteiger partial charge in [0.15, 0.2) is 0 Å². The van der Waals surface area contributed by atoms with E-state index in [1.807, 2.05) is 23.9 Å². The molecule has 2 aromatic rings. The van der Waals surface area contributed by atoms with Crippen molar-refractivity contribution in [2.24, 2.45) is 12.8 Å². The monoisotopic (exact) mass is 259 g/mol. The van der Waals surface area contributed by atoms with Gasteiger partial charge in [-0.25, -0.2) is 4.98 Å². The van der Waals surface area contributed by atoms with Crippen molar-refractivity contribution in [2.45, 2.75) is 26.3 Å². The summed E-state index contributed by atoms with van der Waals surface area (Å²) in [6.45, 7) is 2.62. The third kappa shape index (κ3) is 2.96. The molecule has 0 saturated carbocycles. The molecule has 0 aliphatic heterocycles. The molecule has 0 spiro atoms. The fourth-order valence-corrected chi connectivity index (χ4v) is 2.23. The van der Waals surface area contributed by atoms with Crippen LogP contribution in [0, 0.1) is 0 Å². The Morgan fingerprint density at radius 3 is 2.74 bits per heavy atom. The van der Waals surface area contributed by atoms with Crippen LogP contribution in [0.1, 0.15) is 29.6 Å². The predicted molar refractivity (Wildman–Crippen MR) is 76.3 cm³/mol. The number of nitrogens with zero attached hydrogens (tertiary/aromatic N) is 2. The second kappa shape index (κ2) is 5.89. The third-order valence-electron chi connectivity index (χ3n) is 3.32. The Labute approximate surface area is 114 Å². The zero-order valence-corrected chi connectivity index (χ0v) is 11.8. The highest BCUT2D eigenvalue weighted by atomic mass is 16.5. The molecule has 0 atom stereocenters. The zero-order chi connectivity index (χ0) is 13.8. The Balaban J connectivity index is 2.25. The van der Waals surface area contributed by atoms with Crippen LogP contribution in [0.2, 0.25) is 0 Å². The van der Waals surface area contributed by atoms with E-state index in [9.17, 15) is 0 Å². The Morgan fingerprint density at radius 1 is 1.37 bits per heavy atom. The Bertz CT molecular complexity index is 561. The molecule has 0 unspecified atom stereocenters. The number of benzene rings is 1. The molecule has 0 amide bonds. The van der Waals surface area contributed by atoms with Gasteiger partial charge in [0.1, 0.15) is 11.6 Å². The van der Waals surface area contributed by atoms with Crippen molar-refractivity contribution in [3.05, 3.63) is 47.0 Å². The van der Waals surface area contributed by atoms with E-state index in [2.05, 4.69) is 24.0 Å². The van der Waals surface area contributed by atoms with Gasteiger partial charge in [-0.3, -0.25) is 0 Å². The topological polar surface area (TPSA) is 53.1 Å². The maximum absolute atomic E-state index is 5.62. The lowest BCUT2D eigenvalue weighted by atomic mass is 10.0. The van der Waals surface area contributed by atoms with Crippen LogP contribution < -0.4 is 10.5 Å². The molecule has 0 aliphatic carbocycles. The number of imidazole rings is 1. The SMILES string of the molecule is CCc1cc(Cc2nc(CN)cn2C)ccc1OC. The first-order valence-corrected chi connectivity index (χ1v) is 6.54. The number of aromatic nitrogens is 2. The van der Waals surface area contributed by atoms with Crippen molar-refractivity contribution in [1.82, 2.24) is 9.55 Å². The quantitative estimate of drug-likeness (QED) is 0.894. The number of rotatable bonds is 5. The number of ether oxygens (including phenoxy) is 1. The maximum atomic E-state index is 5.62. The summed E-state index contributed by atoms with van der Waals surface area (Å²) in [6, 6.07) is 6.31. The molecule has 0 fully saturated rings. The second-order valence-electron chi connectivity index (χ2n) is 4.64. The van der Waals surface area contributed by atoms with Crippen molar-refractivity contribution >= 4 is 0 Å². The minimum Gasteiger partial charge on any atom is -0.496 e. The molecule has 19 heavy (non-hydrogen) atoms. The van der Waals surface area contributed by atoms with Gasteiger partial charge in [-0.2, -0.15) is 0 Å². The van der Waals surface area contributed by atoms with Gasteiger partial charge in [0.2, 0.25) is 0 Å². The summed E-state index contributed by atoms with van der Waals surface area (Å²) in [7, 11) is 3.71. The molecular weight excluding hydrogens is 238 g/mol. The van der Waals surface area contributed by atoms with E-state index < -0.39 is 0 Å². The van der Waals surface area contributed by atoms with Crippen LogP contribution >= 0.6 is 0 Å². The lowest BCUT2D eigenvalue weighted by Gasteiger charge is -2.09. The molecule has 2 rings (SSSR count). The minimum absolute atomic E-state index is 0.483. The molecule has 1 aromatic carbocycles. The summed E-state index contributed by atoms with van der Waals surface area (Å²) < 4.78 is 7.39. The molecule has 102 valence electrons. The summed E-state index contributed by atoms with van der Waals surface area (Å²) in [5.41, 5.74) is 9.02. The zero-order valence-electron chi connectivity index (χ0n) is 11.8. The van der Waals surface area contributed by atoms with Crippen molar-refractivity contribution in [3.63, 3.8) is 0 Å². The summed E-state index contributed by atoms with van der Waals surface area (Å²) in [5, 5.41) is 0. The van der Waals surface area contributed by atoms with Gasteiger partial charge in [0.25, 0.3) is 0 Å². The third-order valence-corrected chi connectivity index (χ3v) is 3.32. The molecule has 1 aromatic heterocycles. The van der Waals surface area contributed by atoms with Crippen LogP contribution in [-0.4, -0.2) is 16.7 Å². The number of hydrogen-bond acceptors (Lipinski definition) is 3. The molecule has 0 saturated heterocycles. The first-order valence-electron chi connectivity index (χ1n) is 6.54. The van der Waals surface area contributed by atoms with Gasteiger partial charge in [-0.1, -0.05) is 19.1 Å². The lowest BCUT2D eigenvalue weighted by molar-refractivity contribution is 0.410. The van der Waals surface area contributed by atoms with Crippen LogP contribution in [0.25, 0.3) is 0 Å². The molecule has 0 bridgehead atoms. The van der Waals surface area contributed by atoms with Gasteiger partial charge in [0, 0.05) is 26.2 Å². The fraction of sp³-hybridized carbons (Fsp3) is 0.400. The van der Waals surface area contributed by atoms with Crippen molar-refractivity contribution < 1.29 is 4.74 Å². The fourth-order valence-electron chi connectivity index (χ4n) is 2.23. The molecule has 0 radical (unpaired) electrons. The Morgan fingerprint density at radius 2 is 2.16 bits per heavy atom. The van der Waals surface area contributed by atoms with Crippen LogP contribution in [0.15, 0.2) is 24.4 Å². The lowest BCUT2D eigenvalue weighted by Crippen LogP contribution is -2.00. The first-order chi connectivity index (χ1) is 9.17. The number of methoxy groups -OCH3 is 1. The van der Waals surface area contributed by atoms with Crippen molar-refractivity contribution in [2.75, 3.05) is 7.11 Å². The number of nitrogens with two attached hydrogens (primary N) is 1. The number of aryl methyl sites for hydroxylation is 2. The number of hydrogen-bond donors (Lipinski definition) is 1. The highest BCUT2D eigenvalue weighted by Crippen LogP contribution is 2.21. The van der Waals surface area contributed by atoms with Gasteiger partial charge < -0.3 is 15.0 Å². The molecule has 4 heteroatoms. The van der Waals surface area contributed by atoms with Crippen LogP contribution in [0.4, 0.5) is 0 Å². The predicted octanol–water partition coefficient (Wildman–Crippen LogP) is 2.04. The smallest absolute Gasteiger partial charge is 0.122 e. The summed E-state index contributed by atoms with van der Waals surface area (Å²) in [6.07, 6.45) is 3.76. The Kier molecular flexibility index (Phi) is 4.22. The van der Waals surface area contributed by atoms with Crippen molar-refractivity contribution in [3.8, 4) is 5.75 Å². The maximum Gasteiger partial charge on any atom is 0.122 e. The van der Waals surface area contributed by atoms with Gasteiger partial charge >= 0.3 is 0 Å². The molecule has 2 N–H and O–H groups in total. The summed E-state index contributed by atoms with van der Waals surface area (Å²) in [4.78, 5) is 4.53. The molecule has 0 aliphatic rings. The van der Waals surface area contributed by atoms with Gasteiger partial charge in [0.05, 0.1) is 12.8 Å². The first kappa shape index (κ1) is 13.6. The summed E-state index contributed by atoms with van der Waals surface area (Å²) in [5.74, 6) is 1.99. The minimum atomic E-state index is 0.483. The van der Waals surface area contributed by atoms with E-state index in [0.717, 1.165) is 30.1 Å². The molecule has 4 nitrogen and oxygen atoms in total. The average Bonchev–Trinajstić information content (AvgIpc) is 2.79. The summed E-state index contributed by atoms with van der Waals surface area (Å²) >= 11 is 0. The largest absolute Gasteiger partial charge is 0.496 e. The average molecular weight is 259 g/mol. The van der Waals surface area contributed by atoms with E-state index in [1.54, 1.807) is 7.11 Å². The van der Waals surface area contributed by atoms with E-state index in [1.165, 1.54) is 11.1 Å². The van der Waals surface area contributed by atoms with Gasteiger partial charge in [-0.05, 0) is 23.6 Å². The van der Waals surface area contributed by atoms with Crippen molar-refractivity contribution in [1.29, 1.82) is 0 Å². The van der Waals surface area contributed by atoms with Gasteiger partial charge in [-0.15, -0.1) is 0 Å². The highest BCUT2D eigenvalue weighted by molar-refractivity contribution is 5.38. The normalized spacial score (nSPS) is 10.7. The highest BCUT2D eigenvalue weighted by Gasteiger charge is 2.08. The van der Waals surface area contributed by atoms with Crippen LogP contribution in [-0.2, 0) is 26.4 Å². The van der Waals surface area contributed by atoms with E-state index in [0.29, 0.717) is 6.54 Å². The standard InChI is InChI=1S/C15H21N3O/c1-4-12-7-11(5-6-14(12)19-3)8-15-17-13(9-16)10-18(15)2/h5-7,10H,4,8-9,16H2,1-3H3.